The summed E-state index contributed by atoms with van der Waals surface area (Å²) in [5, 5.41) is 7.18. The number of methoxy groups -OCH3 is 1. The Labute approximate surface area is 273 Å². The second-order valence-corrected chi connectivity index (χ2v) is 10.7. The Hall–Kier alpha value is -6.26. The number of hydrogen-bond donors (Lipinski definition) is 4. The van der Waals surface area contributed by atoms with Crippen LogP contribution in [0, 0.1) is 6.92 Å². The van der Waals surface area contributed by atoms with Crippen LogP contribution >= 0.6 is 0 Å². The quantitative estimate of drug-likeness (QED) is 0.0763. The first-order valence-electron chi connectivity index (χ1n) is 15.0. The topological polar surface area (TPSA) is 243 Å². The van der Waals surface area contributed by atoms with Gasteiger partial charge in [-0.25, -0.2) is 15.0 Å². The fourth-order valence-electron chi connectivity index (χ4n) is 5.09. The Bertz CT molecular complexity index is 2070. The number of allylic oxidation sites excluding steroid dienone is 2. The van der Waals surface area contributed by atoms with E-state index in [1.54, 1.807) is 26.8 Å². The van der Waals surface area contributed by atoms with E-state index >= 15 is 0 Å². The molecule has 48 heavy (non-hydrogen) atoms. The summed E-state index contributed by atoms with van der Waals surface area (Å²) in [6, 6.07) is 6.22. The molecule has 5 aromatic rings. The van der Waals surface area contributed by atoms with Crippen molar-refractivity contribution < 1.29 is 28.7 Å². The number of imidazole rings is 2. The third-order valence-electron chi connectivity index (χ3n) is 7.40. The molecule has 0 aliphatic rings. The van der Waals surface area contributed by atoms with Crippen molar-refractivity contribution in [2.45, 2.75) is 46.3 Å². The van der Waals surface area contributed by atoms with E-state index in [1.807, 2.05) is 19.1 Å². The van der Waals surface area contributed by atoms with E-state index in [9.17, 15) is 19.2 Å². The first kappa shape index (κ1) is 33.1. The van der Waals surface area contributed by atoms with Gasteiger partial charge in [0.1, 0.15) is 22.5 Å². The van der Waals surface area contributed by atoms with Crippen molar-refractivity contribution in [1.29, 1.82) is 0 Å². The van der Waals surface area contributed by atoms with Crippen LogP contribution in [0.25, 0.3) is 22.2 Å². The van der Waals surface area contributed by atoms with Gasteiger partial charge in [-0.1, -0.05) is 12.2 Å². The smallest absolute Gasteiger partial charge is 0.305 e. The highest BCUT2D eigenvalue weighted by Gasteiger charge is 2.20. The molecule has 1 aromatic carbocycles. The van der Waals surface area contributed by atoms with Crippen molar-refractivity contribution in [3.05, 3.63) is 65.1 Å². The molecule has 3 amide bonds. The van der Waals surface area contributed by atoms with Gasteiger partial charge in [0.15, 0.2) is 5.65 Å². The van der Waals surface area contributed by atoms with E-state index in [2.05, 4.69) is 30.1 Å². The van der Waals surface area contributed by atoms with Gasteiger partial charge in [-0.05, 0) is 44.5 Å². The number of esters is 1. The maximum absolute atomic E-state index is 13.3. The van der Waals surface area contributed by atoms with E-state index in [0.29, 0.717) is 52.3 Å². The lowest BCUT2D eigenvalue weighted by Gasteiger charge is -2.11. The number of carbonyl (C=O) groups excluding carboxylic acids is 4. The summed E-state index contributed by atoms with van der Waals surface area (Å²) in [7, 11) is 1.31. The third kappa shape index (κ3) is 6.93. The SMILES string of the molecule is CCn1nc(C)cc1C(=O)Nc1nc2cc(C(N)=O)cnc2n1C/C=C/Cn1c(N)nc2cc(C(N)=O)cc(OCCCC(=O)OC)c21. The highest BCUT2D eigenvalue weighted by molar-refractivity contribution is 6.03. The Balaban J connectivity index is 1.43. The average Bonchev–Trinajstić information content (AvgIpc) is 3.72. The number of benzene rings is 1. The normalized spacial score (nSPS) is 11.4. The molecular weight excluding hydrogens is 622 g/mol. The van der Waals surface area contributed by atoms with Crippen molar-refractivity contribution in [1.82, 2.24) is 33.9 Å². The van der Waals surface area contributed by atoms with Gasteiger partial charge < -0.3 is 31.2 Å². The molecule has 0 bridgehead atoms. The van der Waals surface area contributed by atoms with Crippen molar-refractivity contribution >= 4 is 57.8 Å². The van der Waals surface area contributed by atoms with Gasteiger partial charge in [-0.3, -0.25) is 33.7 Å². The predicted octanol–water partition coefficient (Wildman–Crippen LogP) is 1.93. The molecule has 4 aromatic heterocycles. The van der Waals surface area contributed by atoms with E-state index in [4.69, 9.17) is 21.9 Å². The second kappa shape index (κ2) is 14.0. The molecule has 0 aliphatic carbocycles. The molecule has 0 aliphatic heterocycles. The van der Waals surface area contributed by atoms with Gasteiger partial charge in [0.05, 0.1) is 30.5 Å². The van der Waals surface area contributed by atoms with E-state index < -0.39 is 17.7 Å². The maximum atomic E-state index is 13.3. The molecule has 0 saturated heterocycles. The molecule has 17 nitrogen and oxygen atoms in total. The fourth-order valence-corrected chi connectivity index (χ4v) is 5.09. The highest BCUT2D eigenvalue weighted by atomic mass is 16.5. The first-order valence-corrected chi connectivity index (χ1v) is 15.0. The number of nitrogens with zero attached hydrogens (tertiary/aromatic N) is 7. The van der Waals surface area contributed by atoms with E-state index in [0.717, 1.165) is 0 Å². The van der Waals surface area contributed by atoms with Gasteiger partial charge in [-0.2, -0.15) is 5.10 Å². The van der Waals surface area contributed by atoms with Crippen LogP contribution in [-0.4, -0.2) is 71.3 Å². The minimum Gasteiger partial charge on any atom is -0.491 e. The lowest BCUT2D eigenvalue weighted by atomic mass is 10.1. The second-order valence-electron chi connectivity index (χ2n) is 10.7. The Kier molecular flexibility index (Phi) is 9.67. The summed E-state index contributed by atoms with van der Waals surface area (Å²) in [4.78, 5) is 61.9. The number of ether oxygens (including phenoxy) is 2. The molecule has 17 heteroatoms. The molecule has 0 unspecified atom stereocenters. The Morgan fingerprint density at radius 1 is 0.958 bits per heavy atom. The van der Waals surface area contributed by atoms with E-state index in [-0.39, 0.29) is 55.1 Å². The monoisotopic (exact) mass is 657 g/mol. The van der Waals surface area contributed by atoms with Crippen molar-refractivity contribution in [3.8, 4) is 5.75 Å². The summed E-state index contributed by atoms with van der Waals surface area (Å²) in [5.74, 6) is -1.42. The number of rotatable bonds is 14. The zero-order valence-electron chi connectivity index (χ0n) is 26.6. The van der Waals surface area contributed by atoms with E-state index in [1.165, 1.54) is 31.5 Å². The molecule has 0 saturated carbocycles. The Morgan fingerprint density at radius 3 is 2.35 bits per heavy atom. The van der Waals surface area contributed by atoms with Gasteiger partial charge in [0.2, 0.25) is 23.7 Å². The summed E-state index contributed by atoms with van der Waals surface area (Å²) in [6.45, 7) is 4.81. The number of amides is 3. The molecule has 250 valence electrons. The molecule has 0 radical (unpaired) electrons. The van der Waals surface area contributed by atoms with Crippen molar-refractivity contribution in [3.63, 3.8) is 0 Å². The molecule has 0 atom stereocenters. The van der Waals surface area contributed by atoms with Crippen molar-refractivity contribution in [2.75, 3.05) is 24.8 Å². The van der Waals surface area contributed by atoms with Crippen LogP contribution in [0.4, 0.5) is 11.9 Å². The lowest BCUT2D eigenvalue weighted by Crippen LogP contribution is -2.20. The van der Waals surface area contributed by atoms with Gasteiger partial charge in [0, 0.05) is 37.8 Å². The number of aromatic nitrogens is 7. The minimum atomic E-state index is -0.661. The predicted molar refractivity (Wildman–Crippen MR) is 175 cm³/mol. The first-order chi connectivity index (χ1) is 23.0. The number of anilines is 2. The molecule has 7 N–H and O–H groups in total. The number of primary amides is 2. The lowest BCUT2D eigenvalue weighted by molar-refractivity contribution is -0.140. The number of nitrogens with one attached hydrogen (secondary N) is 1. The standard InChI is InChI=1S/C31H35N11O6/c1-4-42-22(12-17(2)39-42)29(46)38-31-37-21-14-19(27(33)45)16-35-28(21)41(31)10-6-5-9-40-25-20(36-30(40)34)13-18(26(32)44)15-23(25)48-11-7-8-24(43)47-3/h5-6,12-16H,4,7-11H2,1-3H3,(H2,32,44)(H2,33,45)(H2,34,36)(H,37,38,46)/b6-5+. The third-order valence-corrected chi connectivity index (χ3v) is 7.40. The molecule has 0 fully saturated rings. The zero-order valence-corrected chi connectivity index (χ0v) is 26.6. The zero-order chi connectivity index (χ0) is 34.5. The number of nitrogens with two attached hydrogens (primary N) is 3. The van der Waals surface area contributed by atoms with Crippen LogP contribution in [0.3, 0.4) is 0 Å². The van der Waals surface area contributed by atoms with Crippen LogP contribution in [0.1, 0.15) is 56.7 Å². The van der Waals surface area contributed by atoms with Crippen LogP contribution in [-0.2, 0) is 29.2 Å². The van der Waals surface area contributed by atoms with Crippen molar-refractivity contribution in [2.24, 2.45) is 11.5 Å². The summed E-state index contributed by atoms with van der Waals surface area (Å²) >= 11 is 0. The summed E-state index contributed by atoms with van der Waals surface area (Å²) < 4.78 is 15.6. The largest absolute Gasteiger partial charge is 0.491 e. The van der Waals surface area contributed by atoms with Gasteiger partial charge >= 0.3 is 5.97 Å². The van der Waals surface area contributed by atoms with Crippen LogP contribution in [0.2, 0.25) is 0 Å². The number of nitrogen functional groups attached to an aromatic ring is 1. The number of carbonyl (C=O) groups is 4. The summed E-state index contributed by atoms with van der Waals surface area (Å²) in [5.41, 5.74) is 20.4. The molecule has 4 heterocycles. The van der Waals surface area contributed by atoms with Crippen LogP contribution in [0.5, 0.6) is 5.75 Å². The fraction of sp³-hybridized carbons (Fsp3) is 0.290. The van der Waals surface area contributed by atoms with Crippen LogP contribution in [0.15, 0.2) is 42.6 Å². The average molecular weight is 658 g/mol. The molecule has 0 spiro atoms. The minimum absolute atomic E-state index is 0.158. The molecular formula is C31H35N11O6. The Morgan fingerprint density at radius 2 is 1.67 bits per heavy atom. The maximum Gasteiger partial charge on any atom is 0.305 e. The number of fused-ring (bicyclic) bond motifs is 2. The summed E-state index contributed by atoms with van der Waals surface area (Å²) in [6.07, 6.45) is 5.53. The number of hydrogen-bond acceptors (Lipinski definition) is 11. The highest BCUT2D eigenvalue weighted by Crippen LogP contribution is 2.30. The number of pyridine rings is 1. The molecule has 5 rings (SSSR count). The van der Waals surface area contributed by atoms with Gasteiger partial charge in [-0.15, -0.1) is 0 Å². The van der Waals surface area contributed by atoms with Gasteiger partial charge in [0.25, 0.3) is 5.91 Å². The van der Waals surface area contributed by atoms with Crippen LogP contribution < -0.4 is 27.3 Å². The number of aryl methyl sites for hydroxylation is 2.